The Morgan fingerprint density at radius 2 is 1.97 bits per heavy atom. The van der Waals surface area contributed by atoms with Gasteiger partial charge in [-0.15, -0.1) is 0 Å². The first-order valence-corrected chi connectivity index (χ1v) is 13.0. The molecule has 186 valence electrons. The van der Waals surface area contributed by atoms with Crippen molar-refractivity contribution in [2.24, 2.45) is 10.7 Å². The third-order valence-corrected chi connectivity index (χ3v) is 10.6. The van der Waals surface area contributed by atoms with Gasteiger partial charge in [0.05, 0.1) is 16.0 Å². The van der Waals surface area contributed by atoms with E-state index in [1.54, 1.807) is 36.6 Å². The SMILES string of the molecule is CC[C@]1(C)C(N)=N[C@](C)(c2cc(NC(=O)c3nc4ccc(Cl)cn4c3C)ccc2F)C(C)S1(=O)=O. The number of anilines is 1. The lowest BCUT2D eigenvalue weighted by molar-refractivity contribution is 0.102. The Labute approximate surface area is 208 Å². The fourth-order valence-electron chi connectivity index (χ4n) is 4.49. The fraction of sp³-hybridized carbons (Fsp3) is 0.375. The minimum absolute atomic E-state index is 0.0194. The van der Waals surface area contributed by atoms with Gasteiger partial charge in [0.15, 0.2) is 9.84 Å². The largest absolute Gasteiger partial charge is 0.386 e. The molecule has 0 fully saturated rings. The standard InChI is InChI=1S/C24H27ClFN5O3S/c1-6-23(4)22(27)30-24(5,14(3)35(23,33)34)17-11-16(8-9-18(17)26)28-21(32)20-13(2)31-12-15(25)7-10-19(31)29-20/h7-12,14H,6H2,1-5H3,(H2,27,30)(H,28,32)/t14?,23-,24+/m1/s1. The van der Waals surface area contributed by atoms with E-state index in [1.165, 1.54) is 39.0 Å². The van der Waals surface area contributed by atoms with Crippen LogP contribution in [0.2, 0.25) is 5.02 Å². The van der Waals surface area contributed by atoms with E-state index in [1.807, 2.05) is 0 Å². The number of halogens is 2. The highest BCUT2D eigenvalue weighted by Crippen LogP contribution is 2.44. The maximum atomic E-state index is 15.1. The van der Waals surface area contributed by atoms with Crippen LogP contribution in [0.3, 0.4) is 0 Å². The summed E-state index contributed by atoms with van der Waals surface area (Å²) in [5.74, 6) is -1.22. The lowest BCUT2D eigenvalue weighted by Crippen LogP contribution is -2.60. The van der Waals surface area contributed by atoms with Gasteiger partial charge in [0.2, 0.25) is 0 Å². The third-order valence-electron chi connectivity index (χ3n) is 7.26. The Morgan fingerprint density at radius 1 is 1.29 bits per heavy atom. The first kappa shape index (κ1) is 25.1. The third kappa shape index (κ3) is 3.70. The fourth-order valence-corrected chi connectivity index (χ4v) is 6.96. The Balaban J connectivity index is 1.75. The molecule has 11 heteroatoms. The maximum absolute atomic E-state index is 15.1. The zero-order valence-electron chi connectivity index (χ0n) is 20.1. The van der Waals surface area contributed by atoms with Crippen molar-refractivity contribution in [1.82, 2.24) is 9.38 Å². The molecule has 0 saturated carbocycles. The van der Waals surface area contributed by atoms with Crippen molar-refractivity contribution in [1.29, 1.82) is 0 Å². The number of nitrogens with two attached hydrogens (primary N) is 1. The molecule has 1 unspecified atom stereocenters. The molecule has 3 N–H and O–H groups in total. The van der Waals surface area contributed by atoms with Crippen LogP contribution in [0.5, 0.6) is 0 Å². The molecule has 1 aromatic carbocycles. The number of rotatable bonds is 4. The molecule has 35 heavy (non-hydrogen) atoms. The first-order valence-electron chi connectivity index (χ1n) is 11.1. The second-order valence-corrected chi connectivity index (χ2v) is 12.3. The summed E-state index contributed by atoms with van der Waals surface area (Å²) in [5.41, 5.74) is 6.25. The number of amides is 1. The van der Waals surface area contributed by atoms with E-state index in [4.69, 9.17) is 17.3 Å². The van der Waals surface area contributed by atoms with Crippen LogP contribution in [0.4, 0.5) is 10.1 Å². The molecule has 1 aliphatic heterocycles. The topological polar surface area (TPSA) is 119 Å². The van der Waals surface area contributed by atoms with Gasteiger partial charge < -0.3 is 15.5 Å². The van der Waals surface area contributed by atoms with Crippen molar-refractivity contribution in [3.63, 3.8) is 0 Å². The summed E-state index contributed by atoms with van der Waals surface area (Å²) >= 11 is 6.05. The Bertz CT molecular complexity index is 1500. The number of aromatic nitrogens is 2. The van der Waals surface area contributed by atoms with E-state index in [0.29, 0.717) is 16.4 Å². The van der Waals surface area contributed by atoms with Crippen LogP contribution >= 0.6 is 11.6 Å². The smallest absolute Gasteiger partial charge is 0.276 e. The first-order chi connectivity index (χ1) is 16.3. The summed E-state index contributed by atoms with van der Waals surface area (Å²) in [6.07, 6.45) is 1.90. The molecular weight excluding hydrogens is 493 g/mol. The average Bonchev–Trinajstić information content (AvgIpc) is 3.13. The molecule has 1 amide bonds. The van der Waals surface area contributed by atoms with Crippen LogP contribution in [-0.4, -0.2) is 39.5 Å². The summed E-state index contributed by atoms with van der Waals surface area (Å²) in [6, 6.07) is 7.33. The lowest BCUT2D eigenvalue weighted by Gasteiger charge is -2.44. The normalized spacial score (nSPS) is 25.9. The Hall–Kier alpha value is -2.98. The molecule has 0 aliphatic carbocycles. The predicted octanol–water partition coefficient (Wildman–Crippen LogP) is 4.25. The molecule has 0 saturated heterocycles. The number of carbonyl (C=O) groups excluding carboxylic acids is 1. The molecule has 0 radical (unpaired) electrons. The number of hydrogen-bond donors (Lipinski definition) is 2. The van der Waals surface area contributed by atoms with Gasteiger partial charge in [-0.3, -0.25) is 9.79 Å². The van der Waals surface area contributed by atoms with E-state index in [-0.39, 0.29) is 29.2 Å². The number of fused-ring (bicyclic) bond motifs is 1. The van der Waals surface area contributed by atoms with Gasteiger partial charge in [-0.05, 0) is 64.4 Å². The van der Waals surface area contributed by atoms with Crippen LogP contribution in [0.1, 0.15) is 55.9 Å². The van der Waals surface area contributed by atoms with Crippen molar-refractivity contribution in [2.45, 2.75) is 56.6 Å². The Morgan fingerprint density at radius 3 is 2.63 bits per heavy atom. The van der Waals surface area contributed by atoms with Crippen LogP contribution in [0.25, 0.3) is 5.65 Å². The van der Waals surface area contributed by atoms with Crippen molar-refractivity contribution in [3.05, 3.63) is 64.3 Å². The van der Waals surface area contributed by atoms with E-state index in [9.17, 15) is 13.2 Å². The van der Waals surface area contributed by atoms with Crippen LogP contribution in [0, 0.1) is 12.7 Å². The second kappa shape index (κ2) is 8.30. The number of aliphatic imine (C=N–C) groups is 1. The van der Waals surface area contributed by atoms with Crippen LogP contribution in [0.15, 0.2) is 41.5 Å². The summed E-state index contributed by atoms with van der Waals surface area (Å²) in [5, 5.41) is 2.17. The van der Waals surface area contributed by atoms with Crippen molar-refractivity contribution >= 4 is 44.5 Å². The van der Waals surface area contributed by atoms with E-state index < -0.39 is 37.1 Å². The van der Waals surface area contributed by atoms with Crippen molar-refractivity contribution < 1.29 is 17.6 Å². The van der Waals surface area contributed by atoms with Gasteiger partial charge in [-0.1, -0.05) is 18.5 Å². The molecule has 2 aromatic heterocycles. The van der Waals surface area contributed by atoms with Crippen LogP contribution in [-0.2, 0) is 15.4 Å². The molecular formula is C24H27ClFN5O3S. The maximum Gasteiger partial charge on any atom is 0.276 e. The van der Waals surface area contributed by atoms with Crippen molar-refractivity contribution in [2.75, 3.05) is 5.32 Å². The van der Waals surface area contributed by atoms with Gasteiger partial charge in [0, 0.05) is 17.4 Å². The van der Waals surface area contributed by atoms with Crippen molar-refractivity contribution in [3.8, 4) is 0 Å². The monoisotopic (exact) mass is 519 g/mol. The molecule has 3 atom stereocenters. The second-order valence-electron chi connectivity index (χ2n) is 9.19. The summed E-state index contributed by atoms with van der Waals surface area (Å²) < 4.78 is 42.2. The van der Waals surface area contributed by atoms with Gasteiger partial charge in [-0.2, -0.15) is 0 Å². The number of nitrogens with zero attached hydrogens (tertiary/aromatic N) is 3. The highest BCUT2D eigenvalue weighted by atomic mass is 35.5. The highest BCUT2D eigenvalue weighted by Gasteiger charge is 2.56. The molecule has 3 heterocycles. The number of amidine groups is 1. The van der Waals surface area contributed by atoms with E-state index in [0.717, 1.165) is 0 Å². The van der Waals surface area contributed by atoms with Crippen LogP contribution < -0.4 is 11.1 Å². The molecule has 3 aromatic rings. The number of benzene rings is 1. The van der Waals surface area contributed by atoms with Gasteiger partial charge >= 0.3 is 0 Å². The lowest BCUT2D eigenvalue weighted by atomic mass is 9.87. The zero-order valence-corrected chi connectivity index (χ0v) is 21.6. The number of imidazole rings is 1. The quantitative estimate of drug-likeness (QED) is 0.534. The molecule has 1 aliphatic rings. The minimum Gasteiger partial charge on any atom is -0.386 e. The molecule has 0 spiro atoms. The van der Waals surface area contributed by atoms with Gasteiger partial charge in [0.1, 0.15) is 33.3 Å². The molecule has 0 bridgehead atoms. The molecule has 4 rings (SSSR count). The van der Waals surface area contributed by atoms with E-state index in [2.05, 4.69) is 15.3 Å². The number of nitrogens with one attached hydrogen (secondary N) is 1. The van der Waals surface area contributed by atoms with E-state index >= 15 is 4.39 Å². The zero-order chi connectivity index (χ0) is 25.9. The minimum atomic E-state index is -3.81. The number of carbonyl (C=O) groups is 1. The predicted molar refractivity (Wildman–Crippen MR) is 135 cm³/mol. The van der Waals surface area contributed by atoms with Gasteiger partial charge in [0.25, 0.3) is 5.91 Å². The average molecular weight is 520 g/mol. The summed E-state index contributed by atoms with van der Waals surface area (Å²) in [6.45, 7) is 8.04. The summed E-state index contributed by atoms with van der Waals surface area (Å²) in [4.78, 5) is 21.9. The van der Waals surface area contributed by atoms with Gasteiger partial charge in [-0.25, -0.2) is 17.8 Å². The highest BCUT2D eigenvalue weighted by molar-refractivity contribution is 7.94. The molecule has 8 nitrogen and oxygen atoms in total. The number of pyridine rings is 1. The Kier molecular flexibility index (Phi) is 5.96. The summed E-state index contributed by atoms with van der Waals surface area (Å²) in [7, 11) is -3.81. The number of hydrogen-bond acceptors (Lipinski definition) is 6. The number of sulfone groups is 1. The number of aryl methyl sites for hydroxylation is 1.